The van der Waals surface area contributed by atoms with Crippen molar-refractivity contribution in [3.63, 3.8) is 0 Å². The molecular weight excluding hydrogens is 312 g/mol. The fraction of sp³-hybridized carbons (Fsp3) is 0.462. The van der Waals surface area contributed by atoms with Crippen LogP contribution in [0.4, 0.5) is 0 Å². The van der Waals surface area contributed by atoms with Gasteiger partial charge >= 0.3 is 0 Å². The minimum atomic E-state index is -0.391. The molecule has 18 heavy (non-hydrogen) atoms. The lowest BCUT2D eigenvalue weighted by Crippen LogP contribution is -2.41. The van der Waals surface area contributed by atoms with Gasteiger partial charge in [-0.2, -0.15) is 11.8 Å². The van der Waals surface area contributed by atoms with Crippen LogP contribution in [-0.4, -0.2) is 35.9 Å². The summed E-state index contributed by atoms with van der Waals surface area (Å²) in [6.45, 7) is 0.596. The normalized spacial score (nSPS) is 12.2. The van der Waals surface area contributed by atoms with E-state index in [9.17, 15) is 4.79 Å². The molecule has 0 spiro atoms. The molecule has 5 heteroatoms. The van der Waals surface area contributed by atoms with Gasteiger partial charge < -0.3 is 10.6 Å². The number of thioether (sulfide) groups is 1. The molecule has 0 fully saturated rings. The Hall–Kier alpha value is -0.520. The molecule has 2 N–H and O–H groups in total. The fourth-order valence-corrected chi connectivity index (χ4v) is 2.35. The summed E-state index contributed by atoms with van der Waals surface area (Å²) >= 11 is 5.10. The molecule has 0 aromatic heterocycles. The summed E-state index contributed by atoms with van der Waals surface area (Å²) in [5, 5.41) is 0. The van der Waals surface area contributed by atoms with E-state index in [0.717, 1.165) is 22.2 Å². The number of rotatable bonds is 6. The lowest BCUT2D eigenvalue weighted by atomic mass is 10.2. The topological polar surface area (TPSA) is 46.3 Å². The van der Waals surface area contributed by atoms with Gasteiger partial charge in [0.05, 0.1) is 6.04 Å². The maximum absolute atomic E-state index is 12.0. The monoisotopic (exact) mass is 330 g/mol. The van der Waals surface area contributed by atoms with Crippen molar-refractivity contribution in [3.05, 3.63) is 34.3 Å². The number of nitrogens with two attached hydrogens (primary N) is 1. The lowest BCUT2D eigenvalue weighted by molar-refractivity contribution is -0.131. The first-order valence-corrected chi connectivity index (χ1v) is 7.97. The molecule has 0 radical (unpaired) electrons. The van der Waals surface area contributed by atoms with E-state index in [1.54, 1.807) is 23.7 Å². The van der Waals surface area contributed by atoms with Gasteiger partial charge in [0.15, 0.2) is 0 Å². The second-order valence-electron chi connectivity index (χ2n) is 4.21. The zero-order chi connectivity index (χ0) is 13.5. The highest BCUT2D eigenvalue weighted by atomic mass is 79.9. The van der Waals surface area contributed by atoms with Crippen LogP contribution in [0, 0.1) is 0 Å². The third-order valence-corrected chi connectivity index (χ3v) is 3.83. The van der Waals surface area contributed by atoms with Crippen LogP contribution in [0.1, 0.15) is 12.0 Å². The summed E-state index contributed by atoms with van der Waals surface area (Å²) < 4.78 is 1.04. The quantitative estimate of drug-likeness (QED) is 0.871. The van der Waals surface area contributed by atoms with E-state index in [2.05, 4.69) is 15.9 Å². The number of amides is 1. The molecule has 3 nitrogen and oxygen atoms in total. The third kappa shape index (κ3) is 5.00. The highest BCUT2D eigenvalue weighted by molar-refractivity contribution is 9.10. The molecule has 1 aromatic rings. The van der Waals surface area contributed by atoms with Crippen LogP contribution < -0.4 is 5.73 Å². The number of carbonyl (C=O) groups excluding carboxylic acids is 1. The molecule has 1 amide bonds. The number of halogens is 1. The average molecular weight is 331 g/mol. The van der Waals surface area contributed by atoms with Gasteiger partial charge in [0.1, 0.15) is 0 Å². The third-order valence-electron chi connectivity index (χ3n) is 2.66. The summed E-state index contributed by atoms with van der Waals surface area (Å²) in [7, 11) is 1.79. The van der Waals surface area contributed by atoms with Gasteiger partial charge in [-0.25, -0.2) is 0 Å². The highest BCUT2D eigenvalue weighted by Crippen LogP contribution is 2.12. The summed E-state index contributed by atoms with van der Waals surface area (Å²) in [5.74, 6) is 0.922. The van der Waals surface area contributed by atoms with Gasteiger partial charge in [0.25, 0.3) is 0 Å². The van der Waals surface area contributed by atoms with Crippen molar-refractivity contribution in [2.24, 2.45) is 5.73 Å². The zero-order valence-corrected chi connectivity index (χ0v) is 13.1. The predicted octanol–water partition coefficient (Wildman–Crippen LogP) is 2.49. The highest BCUT2D eigenvalue weighted by Gasteiger charge is 2.17. The van der Waals surface area contributed by atoms with Crippen LogP contribution in [0.5, 0.6) is 0 Å². The molecule has 0 unspecified atom stereocenters. The summed E-state index contributed by atoms with van der Waals surface area (Å²) in [6, 6.07) is 7.56. The molecule has 0 aliphatic carbocycles. The van der Waals surface area contributed by atoms with Crippen molar-refractivity contribution < 1.29 is 4.79 Å². The van der Waals surface area contributed by atoms with Crippen LogP contribution in [0.3, 0.4) is 0 Å². The summed E-state index contributed by atoms with van der Waals surface area (Å²) in [4.78, 5) is 13.7. The molecule has 1 aromatic carbocycles. The number of carbonyl (C=O) groups is 1. The molecule has 0 aliphatic heterocycles. The lowest BCUT2D eigenvalue weighted by Gasteiger charge is -2.21. The zero-order valence-electron chi connectivity index (χ0n) is 10.7. The van der Waals surface area contributed by atoms with Crippen LogP contribution in [0.25, 0.3) is 0 Å². The van der Waals surface area contributed by atoms with Crippen LogP contribution in [0.15, 0.2) is 28.7 Å². The predicted molar refractivity (Wildman–Crippen MR) is 81.6 cm³/mol. The SMILES string of the molecule is CSCC[C@H](N)C(=O)N(C)Cc1ccc(Br)cc1. The van der Waals surface area contributed by atoms with Crippen LogP contribution in [0.2, 0.25) is 0 Å². The van der Waals surface area contributed by atoms with E-state index >= 15 is 0 Å². The Labute approximate surface area is 121 Å². The van der Waals surface area contributed by atoms with E-state index in [0.29, 0.717) is 6.54 Å². The van der Waals surface area contributed by atoms with E-state index in [1.165, 1.54) is 0 Å². The molecular formula is C13H19BrN2OS. The van der Waals surface area contributed by atoms with Gasteiger partial charge in [-0.15, -0.1) is 0 Å². The van der Waals surface area contributed by atoms with Crippen molar-refractivity contribution in [1.82, 2.24) is 4.90 Å². The summed E-state index contributed by atoms with van der Waals surface area (Å²) in [6.07, 6.45) is 2.74. The van der Waals surface area contributed by atoms with Crippen LogP contribution in [-0.2, 0) is 11.3 Å². The maximum Gasteiger partial charge on any atom is 0.239 e. The first-order chi connectivity index (χ1) is 8.54. The standard InChI is InChI=1S/C13H19BrN2OS/c1-16(13(17)12(15)7-8-18-2)9-10-3-5-11(14)6-4-10/h3-6,12H,7-9,15H2,1-2H3/t12-/m0/s1. The molecule has 0 aliphatic rings. The smallest absolute Gasteiger partial charge is 0.239 e. The number of nitrogens with zero attached hydrogens (tertiary/aromatic N) is 1. The summed E-state index contributed by atoms with van der Waals surface area (Å²) in [5.41, 5.74) is 6.97. The molecule has 0 saturated carbocycles. The van der Waals surface area contributed by atoms with Gasteiger partial charge in [0.2, 0.25) is 5.91 Å². The Kier molecular flexibility index (Phi) is 6.75. The van der Waals surface area contributed by atoms with Gasteiger partial charge in [-0.3, -0.25) is 4.79 Å². The molecule has 0 bridgehead atoms. The number of hydrogen-bond donors (Lipinski definition) is 1. The Morgan fingerprint density at radius 1 is 1.44 bits per heavy atom. The van der Waals surface area contributed by atoms with Gasteiger partial charge in [-0.05, 0) is 36.1 Å². The van der Waals surface area contributed by atoms with Crippen molar-refractivity contribution in [1.29, 1.82) is 0 Å². The van der Waals surface area contributed by atoms with Crippen LogP contribution >= 0.6 is 27.7 Å². The second kappa shape index (κ2) is 7.81. The minimum absolute atomic E-state index is 0.00645. The molecule has 1 atom stereocenters. The Balaban J connectivity index is 2.51. The number of hydrogen-bond acceptors (Lipinski definition) is 3. The largest absolute Gasteiger partial charge is 0.340 e. The van der Waals surface area contributed by atoms with E-state index in [4.69, 9.17) is 5.73 Å². The van der Waals surface area contributed by atoms with E-state index in [-0.39, 0.29) is 5.91 Å². The van der Waals surface area contributed by atoms with Gasteiger partial charge in [-0.1, -0.05) is 28.1 Å². The van der Waals surface area contributed by atoms with Crippen molar-refractivity contribution >= 4 is 33.6 Å². The average Bonchev–Trinajstić information content (AvgIpc) is 2.37. The number of likely N-dealkylation sites (N-methyl/N-ethyl adjacent to an activating group) is 1. The Morgan fingerprint density at radius 2 is 2.06 bits per heavy atom. The van der Waals surface area contributed by atoms with E-state index in [1.807, 2.05) is 30.5 Å². The van der Waals surface area contributed by atoms with Gasteiger partial charge in [0, 0.05) is 18.1 Å². The molecule has 1 rings (SSSR count). The second-order valence-corrected chi connectivity index (χ2v) is 6.11. The molecule has 0 saturated heterocycles. The fourth-order valence-electron chi connectivity index (χ4n) is 1.59. The first kappa shape index (κ1) is 15.5. The molecule has 100 valence electrons. The van der Waals surface area contributed by atoms with E-state index < -0.39 is 6.04 Å². The van der Waals surface area contributed by atoms with Crippen molar-refractivity contribution in [2.75, 3.05) is 19.1 Å². The van der Waals surface area contributed by atoms with Crippen molar-refractivity contribution in [3.8, 4) is 0 Å². The first-order valence-electron chi connectivity index (χ1n) is 5.78. The minimum Gasteiger partial charge on any atom is -0.340 e. The Morgan fingerprint density at radius 3 is 2.61 bits per heavy atom. The molecule has 0 heterocycles. The van der Waals surface area contributed by atoms with Crippen molar-refractivity contribution in [2.45, 2.75) is 19.0 Å². The number of benzene rings is 1. The Bertz CT molecular complexity index is 383. The maximum atomic E-state index is 12.0.